The molecule has 1 saturated heterocycles. The molecule has 1 unspecified atom stereocenters. The second-order valence-corrected chi connectivity index (χ2v) is 7.07. The van der Waals surface area contributed by atoms with Crippen LogP contribution in [0.2, 0.25) is 0 Å². The zero-order valence-corrected chi connectivity index (χ0v) is 11.2. The summed E-state index contributed by atoms with van der Waals surface area (Å²) in [4.78, 5) is 0. The topological polar surface area (TPSA) is 46.2 Å². The molecule has 0 radical (unpaired) electrons. The molecular weight excluding hydrogens is 234 g/mol. The summed E-state index contributed by atoms with van der Waals surface area (Å²) in [6.45, 7) is 4.96. The molecule has 1 N–H and O–H groups in total. The maximum Gasteiger partial charge on any atom is 0.151 e. The molecule has 4 heteroatoms. The smallest absolute Gasteiger partial charge is 0.151 e. The van der Waals surface area contributed by atoms with E-state index in [1.54, 1.807) is 0 Å². The molecule has 1 aliphatic heterocycles. The second-order valence-electron chi connectivity index (χ2n) is 4.84. The van der Waals surface area contributed by atoms with Crippen molar-refractivity contribution in [2.24, 2.45) is 0 Å². The van der Waals surface area contributed by atoms with Crippen LogP contribution in [0.1, 0.15) is 23.1 Å². The van der Waals surface area contributed by atoms with Gasteiger partial charge < -0.3 is 5.32 Å². The standard InChI is InChI=1S/C13H19NO2S/c1-10-4-3-5-12(11(10)2)8-14-13-6-7-17(15,16)9-13/h3-5,13-14H,6-9H2,1-2H3. The Morgan fingerprint density at radius 3 is 2.76 bits per heavy atom. The van der Waals surface area contributed by atoms with E-state index >= 15 is 0 Å². The van der Waals surface area contributed by atoms with Crippen LogP contribution in [0.4, 0.5) is 0 Å². The molecule has 2 rings (SSSR count). The van der Waals surface area contributed by atoms with Crippen molar-refractivity contribution in [2.75, 3.05) is 11.5 Å². The van der Waals surface area contributed by atoms with Crippen molar-refractivity contribution < 1.29 is 8.42 Å². The van der Waals surface area contributed by atoms with Gasteiger partial charge >= 0.3 is 0 Å². The third-order valence-electron chi connectivity index (χ3n) is 3.53. The molecule has 1 aromatic rings. The molecule has 1 heterocycles. The van der Waals surface area contributed by atoms with Crippen LogP contribution in [0.5, 0.6) is 0 Å². The summed E-state index contributed by atoms with van der Waals surface area (Å²) in [7, 11) is -2.78. The van der Waals surface area contributed by atoms with Gasteiger partial charge in [-0.25, -0.2) is 8.42 Å². The van der Waals surface area contributed by atoms with E-state index in [9.17, 15) is 8.42 Å². The first kappa shape index (κ1) is 12.6. The van der Waals surface area contributed by atoms with E-state index in [0.717, 1.165) is 13.0 Å². The summed E-state index contributed by atoms with van der Waals surface area (Å²) in [5.41, 5.74) is 3.83. The summed E-state index contributed by atoms with van der Waals surface area (Å²) in [6, 6.07) is 6.36. The second kappa shape index (κ2) is 4.78. The molecule has 0 amide bonds. The molecule has 17 heavy (non-hydrogen) atoms. The van der Waals surface area contributed by atoms with Crippen LogP contribution in [-0.4, -0.2) is 26.0 Å². The molecule has 1 atom stereocenters. The molecule has 0 bridgehead atoms. The Morgan fingerprint density at radius 2 is 2.12 bits per heavy atom. The van der Waals surface area contributed by atoms with Gasteiger partial charge in [0, 0.05) is 12.6 Å². The van der Waals surface area contributed by atoms with E-state index in [1.807, 2.05) is 6.07 Å². The van der Waals surface area contributed by atoms with Crippen molar-refractivity contribution in [3.8, 4) is 0 Å². The van der Waals surface area contributed by atoms with Gasteiger partial charge in [0.05, 0.1) is 11.5 Å². The van der Waals surface area contributed by atoms with E-state index in [2.05, 4.69) is 31.3 Å². The van der Waals surface area contributed by atoms with Crippen LogP contribution >= 0.6 is 0 Å². The van der Waals surface area contributed by atoms with Crippen LogP contribution in [-0.2, 0) is 16.4 Å². The van der Waals surface area contributed by atoms with Gasteiger partial charge in [-0.05, 0) is 37.0 Å². The van der Waals surface area contributed by atoms with Crippen molar-refractivity contribution >= 4 is 9.84 Å². The van der Waals surface area contributed by atoms with E-state index in [0.29, 0.717) is 5.75 Å². The van der Waals surface area contributed by atoms with Crippen LogP contribution in [0, 0.1) is 13.8 Å². The maximum absolute atomic E-state index is 11.3. The lowest BCUT2D eigenvalue weighted by atomic mass is 10.0. The van der Waals surface area contributed by atoms with Crippen LogP contribution in [0.25, 0.3) is 0 Å². The van der Waals surface area contributed by atoms with Crippen molar-refractivity contribution in [3.05, 3.63) is 34.9 Å². The van der Waals surface area contributed by atoms with Gasteiger partial charge in [0.15, 0.2) is 9.84 Å². The summed E-state index contributed by atoms with van der Waals surface area (Å²) in [5, 5.41) is 3.34. The first-order valence-corrected chi connectivity index (χ1v) is 7.79. The molecule has 1 aliphatic rings. The largest absolute Gasteiger partial charge is 0.309 e. The molecule has 0 aliphatic carbocycles. The molecule has 3 nitrogen and oxygen atoms in total. The Bertz CT molecular complexity index is 508. The van der Waals surface area contributed by atoms with Gasteiger partial charge in [-0.15, -0.1) is 0 Å². The first-order valence-electron chi connectivity index (χ1n) is 5.97. The molecular formula is C13H19NO2S. The van der Waals surface area contributed by atoms with Gasteiger partial charge in [-0.3, -0.25) is 0 Å². The number of rotatable bonds is 3. The van der Waals surface area contributed by atoms with Crippen molar-refractivity contribution in [2.45, 2.75) is 32.9 Å². The number of sulfone groups is 1. The lowest BCUT2D eigenvalue weighted by Gasteiger charge is -2.13. The van der Waals surface area contributed by atoms with Gasteiger partial charge in [0.25, 0.3) is 0 Å². The number of aryl methyl sites for hydroxylation is 1. The molecule has 94 valence electrons. The molecule has 1 fully saturated rings. The molecule has 0 spiro atoms. The van der Waals surface area contributed by atoms with E-state index in [1.165, 1.54) is 16.7 Å². The van der Waals surface area contributed by atoms with E-state index < -0.39 is 9.84 Å². The summed E-state index contributed by atoms with van der Waals surface area (Å²) in [5.74, 6) is 0.620. The Balaban J connectivity index is 1.97. The average Bonchev–Trinajstić information content (AvgIpc) is 2.61. The minimum absolute atomic E-state index is 0.125. The quantitative estimate of drug-likeness (QED) is 0.889. The number of nitrogens with one attached hydrogen (secondary N) is 1. The van der Waals surface area contributed by atoms with Crippen LogP contribution < -0.4 is 5.32 Å². The van der Waals surface area contributed by atoms with Crippen molar-refractivity contribution in [1.82, 2.24) is 5.32 Å². The number of hydrogen-bond donors (Lipinski definition) is 1. The van der Waals surface area contributed by atoms with E-state index in [4.69, 9.17) is 0 Å². The lowest BCUT2D eigenvalue weighted by molar-refractivity contribution is 0.553. The summed E-state index contributed by atoms with van der Waals surface area (Å²) in [6.07, 6.45) is 0.743. The number of benzene rings is 1. The molecule has 0 aromatic heterocycles. The van der Waals surface area contributed by atoms with Gasteiger partial charge in [-0.2, -0.15) is 0 Å². The predicted molar refractivity (Wildman–Crippen MR) is 69.8 cm³/mol. The fourth-order valence-corrected chi connectivity index (χ4v) is 3.92. The minimum Gasteiger partial charge on any atom is -0.309 e. The van der Waals surface area contributed by atoms with E-state index in [-0.39, 0.29) is 11.8 Å². The number of hydrogen-bond acceptors (Lipinski definition) is 3. The average molecular weight is 253 g/mol. The maximum atomic E-state index is 11.3. The summed E-state index contributed by atoms with van der Waals surface area (Å²) < 4.78 is 22.7. The SMILES string of the molecule is Cc1cccc(CNC2CCS(=O)(=O)C2)c1C. The fraction of sp³-hybridized carbons (Fsp3) is 0.538. The zero-order valence-electron chi connectivity index (χ0n) is 10.4. The Kier molecular flexibility index (Phi) is 3.54. The highest BCUT2D eigenvalue weighted by Crippen LogP contribution is 2.15. The highest BCUT2D eigenvalue weighted by Gasteiger charge is 2.27. The van der Waals surface area contributed by atoms with Crippen molar-refractivity contribution in [3.63, 3.8) is 0 Å². The third-order valence-corrected chi connectivity index (χ3v) is 5.30. The zero-order chi connectivity index (χ0) is 12.5. The monoisotopic (exact) mass is 253 g/mol. The highest BCUT2D eigenvalue weighted by molar-refractivity contribution is 7.91. The first-order chi connectivity index (χ1) is 7.98. The Hall–Kier alpha value is -0.870. The predicted octanol–water partition coefficient (Wildman–Crippen LogP) is 1.58. The highest BCUT2D eigenvalue weighted by atomic mass is 32.2. The Labute approximate surface area is 103 Å². The van der Waals surface area contributed by atoms with Crippen molar-refractivity contribution in [1.29, 1.82) is 0 Å². The molecule has 1 aromatic carbocycles. The van der Waals surface area contributed by atoms with Gasteiger partial charge in [-0.1, -0.05) is 18.2 Å². The van der Waals surface area contributed by atoms with Gasteiger partial charge in [0.1, 0.15) is 0 Å². The third kappa shape index (κ3) is 3.07. The fourth-order valence-electron chi connectivity index (χ4n) is 2.21. The molecule has 0 saturated carbocycles. The normalized spacial score (nSPS) is 22.8. The minimum atomic E-state index is -2.78. The Morgan fingerprint density at radius 1 is 1.35 bits per heavy atom. The van der Waals surface area contributed by atoms with Crippen LogP contribution in [0.3, 0.4) is 0 Å². The summed E-state index contributed by atoms with van der Waals surface area (Å²) >= 11 is 0. The van der Waals surface area contributed by atoms with Crippen LogP contribution in [0.15, 0.2) is 18.2 Å². The lowest BCUT2D eigenvalue weighted by Crippen LogP contribution is -2.29. The van der Waals surface area contributed by atoms with Gasteiger partial charge in [0.2, 0.25) is 0 Å².